The summed E-state index contributed by atoms with van der Waals surface area (Å²) >= 11 is 0. The van der Waals surface area contributed by atoms with Crippen LogP contribution in [0.2, 0.25) is 0 Å². The van der Waals surface area contributed by atoms with Gasteiger partial charge in [-0.25, -0.2) is 0 Å². The summed E-state index contributed by atoms with van der Waals surface area (Å²) in [6.07, 6.45) is 0.427. The van der Waals surface area contributed by atoms with E-state index < -0.39 is 0 Å². The Morgan fingerprint density at radius 1 is 1.25 bits per heavy atom. The second kappa shape index (κ2) is 2.34. The molecule has 0 aromatic heterocycles. The van der Waals surface area contributed by atoms with Gasteiger partial charge in [-0.3, -0.25) is 4.79 Å². The molecule has 1 heterocycles. The van der Waals surface area contributed by atoms with Crippen LogP contribution in [0.3, 0.4) is 0 Å². The molecule has 0 spiro atoms. The molecule has 0 saturated heterocycles. The van der Waals surface area contributed by atoms with Crippen LogP contribution < -0.4 is 4.74 Å². The van der Waals surface area contributed by atoms with E-state index in [1.807, 2.05) is 26.0 Å². The van der Waals surface area contributed by atoms with Gasteiger partial charge < -0.3 is 4.74 Å². The first kappa shape index (κ1) is 7.35. The highest BCUT2D eigenvalue weighted by molar-refractivity contribution is 5.81. The van der Waals surface area contributed by atoms with Gasteiger partial charge >= 0.3 is 5.97 Å². The Hall–Kier alpha value is -1.31. The highest BCUT2D eigenvalue weighted by atomic mass is 16.5. The van der Waals surface area contributed by atoms with E-state index in [0.717, 1.165) is 11.3 Å². The van der Waals surface area contributed by atoms with Gasteiger partial charge in [0.15, 0.2) is 0 Å². The van der Waals surface area contributed by atoms with Crippen molar-refractivity contribution in [3.05, 3.63) is 28.8 Å². The molecule has 1 aliphatic rings. The Morgan fingerprint density at radius 3 is 2.67 bits per heavy atom. The first-order valence-electron chi connectivity index (χ1n) is 3.97. The summed E-state index contributed by atoms with van der Waals surface area (Å²) in [5.41, 5.74) is 3.40. The molecule has 0 aliphatic carbocycles. The Morgan fingerprint density at radius 2 is 1.92 bits per heavy atom. The van der Waals surface area contributed by atoms with Crippen molar-refractivity contribution in [1.82, 2.24) is 0 Å². The van der Waals surface area contributed by atoms with Crippen molar-refractivity contribution in [2.75, 3.05) is 0 Å². The number of rotatable bonds is 0. The minimum absolute atomic E-state index is 0.144. The van der Waals surface area contributed by atoms with Crippen LogP contribution in [0.15, 0.2) is 12.1 Å². The second-order valence-corrected chi connectivity index (χ2v) is 3.20. The van der Waals surface area contributed by atoms with Gasteiger partial charge in [-0.1, -0.05) is 6.07 Å². The summed E-state index contributed by atoms with van der Waals surface area (Å²) in [4.78, 5) is 10.9. The first-order valence-corrected chi connectivity index (χ1v) is 3.97. The third kappa shape index (κ3) is 0.998. The predicted octanol–water partition coefficient (Wildman–Crippen LogP) is 1.76. The van der Waals surface area contributed by atoms with Crippen LogP contribution in [0.5, 0.6) is 5.75 Å². The van der Waals surface area contributed by atoms with Crippen molar-refractivity contribution in [3.8, 4) is 5.75 Å². The summed E-state index contributed by atoms with van der Waals surface area (Å²) in [7, 11) is 0. The minimum atomic E-state index is -0.144. The van der Waals surface area contributed by atoms with Crippen molar-refractivity contribution < 1.29 is 9.53 Å². The van der Waals surface area contributed by atoms with E-state index in [-0.39, 0.29) is 5.97 Å². The molecular formula is C10H10O2. The molecule has 1 aromatic rings. The molecule has 0 bridgehead atoms. The van der Waals surface area contributed by atoms with Crippen LogP contribution in [0.4, 0.5) is 0 Å². The lowest BCUT2D eigenvalue weighted by molar-refractivity contribution is -0.131. The highest BCUT2D eigenvalue weighted by Crippen LogP contribution is 2.28. The lowest BCUT2D eigenvalue weighted by Gasteiger charge is -2.02. The number of hydrogen-bond acceptors (Lipinski definition) is 2. The van der Waals surface area contributed by atoms with E-state index in [2.05, 4.69) is 0 Å². The summed E-state index contributed by atoms with van der Waals surface area (Å²) in [6, 6.07) is 3.95. The molecule has 1 aromatic carbocycles. The summed E-state index contributed by atoms with van der Waals surface area (Å²) in [5, 5.41) is 0. The van der Waals surface area contributed by atoms with Crippen molar-refractivity contribution in [3.63, 3.8) is 0 Å². The van der Waals surface area contributed by atoms with E-state index in [1.54, 1.807) is 0 Å². The molecule has 2 heteroatoms. The van der Waals surface area contributed by atoms with Gasteiger partial charge in [-0.05, 0) is 31.0 Å². The number of esters is 1. The number of carbonyl (C=O) groups is 1. The number of ether oxygens (including phenoxy) is 1. The van der Waals surface area contributed by atoms with Crippen molar-refractivity contribution in [1.29, 1.82) is 0 Å². The van der Waals surface area contributed by atoms with Gasteiger partial charge in [0.25, 0.3) is 0 Å². The van der Waals surface area contributed by atoms with Crippen LogP contribution >= 0.6 is 0 Å². The van der Waals surface area contributed by atoms with E-state index in [1.165, 1.54) is 11.1 Å². The maximum Gasteiger partial charge on any atom is 0.315 e. The van der Waals surface area contributed by atoms with Gasteiger partial charge in [-0.15, -0.1) is 0 Å². The molecule has 0 amide bonds. The maximum absolute atomic E-state index is 10.9. The molecule has 0 saturated carbocycles. The summed E-state index contributed by atoms with van der Waals surface area (Å²) in [6.45, 7) is 4.06. The van der Waals surface area contributed by atoms with Crippen molar-refractivity contribution in [2.45, 2.75) is 20.3 Å². The molecule has 0 fully saturated rings. The van der Waals surface area contributed by atoms with Gasteiger partial charge in [0.1, 0.15) is 5.75 Å². The molecule has 0 N–H and O–H groups in total. The normalized spacial score (nSPS) is 14.3. The average Bonchev–Trinajstić information content (AvgIpc) is 2.30. The second-order valence-electron chi connectivity index (χ2n) is 3.20. The molecular weight excluding hydrogens is 152 g/mol. The monoisotopic (exact) mass is 162 g/mol. The Labute approximate surface area is 71.2 Å². The number of hydrogen-bond donors (Lipinski definition) is 0. The zero-order valence-corrected chi connectivity index (χ0v) is 7.18. The van der Waals surface area contributed by atoms with Gasteiger partial charge in [0.2, 0.25) is 0 Å². The van der Waals surface area contributed by atoms with E-state index in [0.29, 0.717) is 6.42 Å². The molecule has 0 radical (unpaired) electrons. The third-order valence-electron chi connectivity index (χ3n) is 2.24. The predicted molar refractivity (Wildman–Crippen MR) is 45.3 cm³/mol. The third-order valence-corrected chi connectivity index (χ3v) is 2.24. The SMILES string of the molecule is Cc1cc2c(cc1C)OC(=O)C2. The summed E-state index contributed by atoms with van der Waals surface area (Å²) < 4.78 is 5.00. The molecule has 0 unspecified atom stereocenters. The zero-order valence-electron chi connectivity index (χ0n) is 7.18. The van der Waals surface area contributed by atoms with Crippen LogP contribution in [0.25, 0.3) is 0 Å². The average molecular weight is 162 g/mol. The fraction of sp³-hybridized carbons (Fsp3) is 0.300. The summed E-state index contributed by atoms with van der Waals surface area (Å²) in [5.74, 6) is 0.595. The molecule has 2 nitrogen and oxygen atoms in total. The van der Waals surface area contributed by atoms with Gasteiger partial charge in [0, 0.05) is 5.56 Å². The lowest BCUT2D eigenvalue weighted by atomic mass is 10.0. The number of aryl methyl sites for hydroxylation is 2. The van der Waals surface area contributed by atoms with Gasteiger partial charge in [0.05, 0.1) is 6.42 Å². The van der Waals surface area contributed by atoms with Crippen LogP contribution in [0.1, 0.15) is 16.7 Å². The van der Waals surface area contributed by atoms with Crippen molar-refractivity contribution in [2.24, 2.45) is 0 Å². The molecule has 12 heavy (non-hydrogen) atoms. The molecule has 1 aliphatic heterocycles. The fourth-order valence-electron chi connectivity index (χ4n) is 1.40. The number of fused-ring (bicyclic) bond motifs is 1. The topological polar surface area (TPSA) is 26.3 Å². The minimum Gasteiger partial charge on any atom is -0.426 e. The Balaban J connectivity index is 2.55. The number of carbonyl (C=O) groups excluding carboxylic acids is 1. The Kier molecular flexibility index (Phi) is 1.43. The van der Waals surface area contributed by atoms with E-state index in [9.17, 15) is 4.79 Å². The molecule has 62 valence electrons. The molecule has 0 atom stereocenters. The molecule has 2 rings (SSSR count). The van der Waals surface area contributed by atoms with Gasteiger partial charge in [-0.2, -0.15) is 0 Å². The van der Waals surface area contributed by atoms with Crippen LogP contribution in [-0.2, 0) is 11.2 Å². The largest absolute Gasteiger partial charge is 0.426 e. The van der Waals surface area contributed by atoms with E-state index >= 15 is 0 Å². The van der Waals surface area contributed by atoms with E-state index in [4.69, 9.17) is 4.74 Å². The van der Waals surface area contributed by atoms with Crippen LogP contribution in [-0.4, -0.2) is 5.97 Å². The quantitative estimate of drug-likeness (QED) is 0.429. The standard InChI is InChI=1S/C10H10O2/c1-6-3-8-5-10(11)12-9(8)4-7(6)2/h3-4H,5H2,1-2H3. The Bertz CT molecular complexity index is 320. The fourth-order valence-corrected chi connectivity index (χ4v) is 1.40. The first-order chi connectivity index (χ1) is 5.66. The lowest BCUT2D eigenvalue weighted by Crippen LogP contribution is -2.00. The maximum atomic E-state index is 10.9. The number of benzene rings is 1. The van der Waals surface area contributed by atoms with Crippen molar-refractivity contribution >= 4 is 5.97 Å². The zero-order chi connectivity index (χ0) is 8.72. The van der Waals surface area contributed by atoms with Crippen LogP contribution in [0, 0.1) is 13.8 Å². The highest BCUT2D eigenvalue weighted by Gasteiger charge is 2.20. The smallest absolute Gasteiger partial charge is 0.315 e.